The van der Waals surface area contributed by atoms with Crippen LogP contribution in [0.5, 0.6) is 0 Å². The lowest BCUT2D eigenvalue weighted by Gasteiger charge is -2.03. The zero-order valence-electron chi connectivity index (χ0n) is 8.13. The van der Waals surface area contributed by atoms with Crippen molar-refractivity contribution in [1.29, 1.82) is 0 Å². The van der Waals surface area contributed by atoms with Crippen LogP contribution in [-0.2, 0) is 4.79 Å². The fourth-order valence-electron chi connectivity index (χ4n) is 1.14. The second-order valence-corrected chi connectivity index (χ2v) is 3.78. The largest absolute Gasteiger partial charge is 0.478 e. The Labute approximate surface area is 98.1 Å². The van der Waals surface area contributed by atoms with Crippen molar-refractivity contribution in [3.05, 3.63) is 39.4 Å². The molecule has 0 saturated carbocycles. The first-order valence-electron chi connectivity index (χ1n) is 4.44. The van der Waals surface area contributed by atoms with Crippen LogP contribution in [0.3, 0.4) is 0 Å². The Hall–Kier alpha value is -0.990. The lowest BCUT2D eigenvalue weighted by molar-refractivity contribution is -0.132. The Bertz CT molecular complexity index is 391. The molecule has 4 heteroatoms. The van der Waals surface area contributed by atoms with Crippen LogP contribution in [0.25, 0.3) is 6.08 Å². The second-order valence-electron chi connectivity index (χ2n) is 2.96. The highest BCUT2D eigenvalue weighted by Gasteiger charge is 2.08. The summed E-state index contributed by atoms with van der Waals surface area (Å²) in [4.78, 5) is 10.8. The Morgan fingerprint density at radius 1 is 1.40 bits per heavy atom. The van der Waals surface area contributed by atoms with E-state index in [9.17, 15) is 4.79 Å². The minimum Gasteiger partial charge on any atom is -0.478 e. The molecular weight excluding hydrogens is 235 g/mol. The van der Waals surface area contributed by atoms with E-state index in [0.29, 0.717) is 22.0 Å². The van der Waals surface area contributed by atoms with E-state index < -0.39 is 5.97 Å². The third kappa shape index (κ3) is 2.98. The van der Waals surface area contributed by atoms with Gasteiger partial charge in [0, 0.05) is 21.2 Å². The summed E-state index contributed by atoms with van der Waals surface area (Å²) >= 11 is 11.8. The third-order valence-electron chi connectivity index (χ3n) is 1.97. The normalized spacial score (nSPS) is 11.5. The summed E-state index contributed by atoms with van der Waals surface area (Å²) in [6.07, 6.45) is 1.93. The van der Waals surface area contributed by atoms with Gasteiger partial charge in [-0.15, -0.1) is 0 Å². The van der Waals surface area contributed by atoms with Crippen molar-refractivity contribution < 1.29 is 9.90 Å². The molecule has 0 heterocycles. The van der Waals surface area contributed by atoms with Gasteiger partial charge in [0.25, 0.3) is 0 Å². The Balaban J connectivity index is 3.22. The van der Waals surface area contributed by atoms with E-state index in [-0.39, 0.29) is 5.57 Å². The quantitative estimate of drug-likeness (QED) is 0.820. The number of aliphatic carboxylic acids is 1. The lowest BCUT2D eigenvalue weighted by atomic mass is 10.1. The summed E-state index contributed by atoms with van der Waals surface area (Å²) < 4.78 is 0. The van der Waals surface area contributed by atoms with E-state index in [0.717, 1.165) is 0 Å². The molecule has 0 aliphatic carbocycles. The summed E-state index contributed by atoms with van der Waals surface area (Å²) in [5.41, 5.74) is 0.838. The minimum absolute atomic E-state index is 0.282. The number of hydrogen-bond acceptors (Lipinski definition) is 1. The molecule has 80 valence electrons. The molecule has 1 aromatic carbocycles. The van der Waals surface area contributed by atoms with Gasteiger partial charge in [-0.2, -0.15) is 0 Å². The molecule has 0 bridgehead atoms. The van der Waals surface area contributed by atoms with E-state index in [4.69, 9.17) is 28.3 Å². The van der Waals surface area contributed by atoms with Crippen molar-refractivity contribution in [1.82, 2.24) is 0 Å². The van der Waals surface area contributed by atoms with Crippen molar-refractivity contribution >= 4 is 35.2 Å². The molecule has 0 radical (unpaired) electrons. The molecule has 0 atom stereocenters. The highest BCUT2D eigenvalue weighted by Crippen LogP contribution is 2.27. The van der Waals surface area contributed by atoms with Gasteiger partial charge in [0.2, 0.25) is 0 Å². The molecule has 1 aromatic rings. The van der Waals surface area contributed by atoms with E-state index in [1.54, 1.807) is 25.1 Å². The van der Waals surface area contributed by atoms with Gasteiger partial charge >= 0.3 is 5.97 Å². The fraction of sp³-hybridized carbons (Fsp3) is 0.182. The molecule has 15 heavy (non-hydrogen) atoms. The van der Waals surface area contributed by atoms with Gasteiger partial charge in [0.1, 0.15) is 0 Å². The van der Waals surface area contributed by atoms with Crippen LogP contribution in [0.4, 0.5) is 0 Å². The molecule has 0 amide bonds. The molecule has 1 rings (SSSR count). The number of benzene rings is 1. The van der Waals surface area contributed by atoms with Gasteiger partial charge in [0.15, 0.2) is 0 Å². The van der Waals surface area contributed by atoms with Crippen molar-refractivity contribution in [3.63, 3.8) is 0 Å². The first-order valence-corrected chi connectivity index (χ1v) is 5.19. The van der Waals surface area contributed by atoms with Gasteiger partial charge in [-0.05, 0) is 24.6 Å². The topological polar surface area (TPSA) is 37.3 Å². The summed E-state index contributed by atoms with van der Waals surface area (Å²) in [5, 5.41) is 9.77. The van der Waals surface area contributed by atoms with Gasteiger partial charge in [0.05, 0.1) is 0 Å². The van der Waals surface area contributed by atoms with E-state index in [1.165, 1.54) is 6.08 Å². The molecule has 0 fully saturated rings. The van der Waals surface area contributed by atoms with Crippen LogP contribution in [0.15, 0.2) is 23.8 Å². The van der Waals surface area contributed by atoms with Gasteiger partial charge in [-0.3, -0.25) is 0 Å². The van der Waals surface area contributed by atoms with Crippen LogP contribution in [0, 0.1) is 0 Å². The average Bonchev–Trinajstić information content (AvgIpc) is 2.17. The fourth-order valence-corrected chi connectivity index (χ4v) is 1.64. The summed E-state index contributed by atoms with van der Waals surface area (Å²) in [7, 11) is 0. The van der Waals surface area contributed by atoms with Crippen molar-refractivity contribution in [2.75, 3.05) is 0 Å². The smallest absolute Gasteiger partial charge is 0.331 e. The van der Waals surface area contributed by atoms with Crippen molar-refractivity contribution in [2.45, 2.75) is 13.3 Å². The first kappa shape index (κ1) is 12.1. The number of carbonyl (C=O) groups is 1. The SMILES string of the molecule is CC/C(=C\c1c(Cl)cccc1Cl)C(=O)O. The summed E-state index contributed by atoms with van der Waals surface area (Å²) in [6, 6.07) is 5.07. The van der Waals surface area contributed by atoms with Crippen molar-refractivity contribution in [2.24, 2.45) is 0 Å². The van der Waals surface area contributed by atoms with E-state index >= 15 is 0 Å². The van der Waals surface area contributed by atoms with E-state index in [2.05, 4.69) is 0 Å². The van der Waals surface area contributed by atoms with Crippen molar-refractivity contribution in [3.8, 4) is 0 Å². The molecular formula is C11H10Cl2O2. The minimum atomic E-state index is -0.950. The monoisotopic (exact) mass is 244 g/mol. The maximum atomic E-state index is 10.8. The number of rotatable bonds is 3. The molecule has 0 aliphatic heterocycles. The molecule has 0 unspecified atom stereocenters. The Morgan fingerprint density at radius 3 is 2.33 bits per heavy atom. The molecule has 1 N–H and O–H groups in total. The standard InChI is InChI=1S/C11H10Cl2O2/c1-2-7(11(14)15)6-8-9(12)4-3-5-10(8)13/h3-6H,2H2,1H3,(H,14,15)/b7-6+. The average molecular weight is 245 g/mol. The molecule has 0 spiro atoms. The second kappa shape index (κ2) is 5.19. The highest BCUT2D eigenvalue weighted by atomic mass is 35.5. The van der Waals surface area contributed by atoms with Crippen LogP contribution in [-0.4, -0.2) is 11.1 Å². The van der Waals surface area contributed by atoms with Crippen LogP contribution < -0.4 is 0 Å². The maximum absolute atomic E-state index is 10.8. The molecule has 0 saturated heterocycles. The predicted molar refractivity (Wildman–Crippen MR) is 62.4 cm³/mol. The predicted octanol–water partition coefficient (Wildman–Crippen LogP) is 3.87. The number of halogens is 2. The Morgan fingerprint density at radius 2 is 1.93 bits per heavy atom. The number of carboxylic acid groups (broad SMARTS) is 1. The van der Waals surface area contributed by atoms with Gasteiger partial charge < -0.3 is 5.11 Å². The molecule has 0 aliphatic rings. The molecule has 2 nitrogen and oxygen atoms in total. The van der Waals surface area contributed by atoms with Crippen LogP contribution >= 0.6 is 23.2 Å². The summed E-state index contributed by atoms with van der Waals surface area (Å²) in [5.74, 6) is -0.950. The zero-order valence-corrected chi connectivity index (χ0v) is 9.64. The Kier molecular flexibility index (Phi) is 4.18. The highest BCUT2D eigenvalue weighted by molar-refractivity contribution is 6.37. The number of hydrogen-bond donors (Lipinski definition) is 1. The van der Waals surface area contributed by atoms with Gasteiger partial charge in [-0.25, -0.2) is 4.79 Å². The molecule has 0 aromatic heterocycles. The number of carboxylic acids is 1. The van der Waals surface area contributed by atoms with E-state index in [1.807, 2.05) is 0 Å². The zero-order chi connectivity index (χ0) is 11.4. The third-order valence-corrected chi connectivity index (χ3v) is 2.63. The lowest BCUT2D eigenvalue weighted by Crippen LogP contribution is -1.98. The van der Waals surface area contributed by atoms with Crippen LogP contribution in [0.1, 0.15) is 18.9 Å². The van der Waals surface area contributed by atoms with Crippen LogP contribution in [0.2, 0.25) is 10.0 Å². The summed E-state index contributed by atoms with van der Waals surface area (Å²) in [6.45, 7) is 1.77. The first-order chi connectivity index (χ1) is 7.06. The van der Waals surface area contributed by atoms with Gasteiger partial charge in [-0.1, -0.05) is 36.2 Å². The maximum Gasteiger partial charge on any atom is 0.331 e.